The lowest BCUT2D eigenvalue weighted by molar-refractivity contribution is 0.0749. The topological polar surface area (TPSA) is 66.1 Å². The first-order chi connectivity index (χ1) is 7.06. The maximum Gasteiger partial charge on any atom is 0.274 e. The Bertz CT molecular complexity index is 384. The van der Waals surface area contributed by atoms with Crippen molar-refractivity contribution in [2.75, 3.05) is 12.9 Å². The van der Waals surface area contributed by atoms with Gasteiger partial charge in [0.1, 0.15) is 5.69 Å². The third kappa shape index (κ3) is 2.79. The quantitative estimate of drug-likeness (QED) is 0.767. The largest absolute Gasteiger partial charge is 0.336 e. The van der Waals surface area contributed by atoms with Crippen molar-refractivity contribution in [1.29, 1.82) is 0 Å². The summed E-state index contributed by atoms with van der Waals surface area (Å²) in [5.74, 6) is 0.0883. The minimum Gasteiger partial charge on any atom is -0.336 e. The smallest absolute Gasteiger partial charge is 0.274 e. The molecule has 1 amide bonds. The van der Waals surface area contributed by atoms with Crippen LogP contribution >= 0.6 is 11.6 Å². The van der Waals surface area contributed by atoms with Gasteiger partial charge in [-0.05, 0) is 13.0 Å². The average Bonchev–Trinajstić information content (AvgIpc) is 2.27. The van der Waals surface area contributed by atoms with Crippen molar-refractivity contribution < 1.29 is 4.79 Å². The van der Waals surface area contributed by atoms with Crippen molar-refractivity contribution in [2.24, 2.45) is 0 Å². The first-order valence-corrected chi connectivity index (χ1v) is 4.98. The van der Waals surface area contributed by atoms with Crippen molar-refractivity contribution in [3.05, 3.63) is 28.2 Å². The second-order valence-electron chi connectivity index (χ2n) is 3.23. The van der Waals surface area contributed by atoms with Crippen LogP contribution in [-0.2, 0) is 0 Å². The fourth-order valence-electron chi connectivity index (χ4n) is 0.948. The molecule has 0 saturated heterocycles. The van der Waals surface area contributed by atoms with Crippen molar-refractivity contribution >= 4 is 17.5 Å². The predicted octanol–water partition coefficient (Wildman–Crippen LogP) is 0.469. The van der Waals surface area contributed by atoms with E-state index in [9.17, 15) is 9.59 Å². The second kappa shape index (κ2) is 4.93. The minimum atomic E-state index is -0.334. The minimum absolute atomic E-state index is 0.0760. The van der Waals surface area contributed by atoms with Gasteiger partial charge >= 0.3 is 0 Å². The van der Waals surface area contributed by atoms with Gasteiger partial charge in [0.15, 0.2) is 0 Å². The zero-order valence-electron chi connectivity index (χ0n) is 8.53. The van der Waals surface area contributed by atoms with Crippen LogP contribution in [0.1, 0.15) is 17.4 Å². The maximum atomic E-state index is 11.7. The van der Waals surface area contributed by atoms with Crippen molar-refractivity contribution in [1.82, 2.24) is 15.1 Å². The fourth-order valence-corrected chi connectivity index (χ4v) is 1.15. The van der Waals surface area contributed by atoms with E-state index in [0.29, 0.717) is 5.88 Å². The zero-order valence-corrected chi connectivity index (χ0v) is 9.28. The van der Waals surface area contributed by atoms with Gasteiger partial charge in [-0.1, -0.05) is 0 Å². The predicted molar refractivity (Wildman–Crippen MR) is 57.1 cm³/mol. The summed E-state index contributed by atoms with van der Waals surface area (Å²) in [5, 5.41) is 5.85. The average molecular weight is 230 g/mol. The summed E-state index contributed by atoms with van der Waals surface area (Å²) >= 11 is 5.63. The molecule has 0 aromatic carbocycles. The lowest BCUT2D eigenvalue weighted by Gasteiger charge is -2.22. The van der Waals surface area contributed by atoms with Gasteiger partial charge in [0, 0.05) is 25.0 Å². The van der Waals surface area contributed by atoms with E-state index in [1.165, 1.54) is 17.0 Å². The number of halogens is 1. The van der Waals surface area contributed by atoms with Gasteiger partial charge in [-0.2, -0.15) is 5.10 Å². The van der Waals surface area contributed by atoms with E-state index in [2.05, 4.69) is 10.2 Å². The number of carbonyl (C=O) groups is 1. The maximum absolute atomic E-state index is 11.7. The van der Waals surface area contributed by atoms with Gasteiger partial charge in [0.25, 0.3) is 11.5 Å². The molecule has 1 aromatic rings. The molecule has 5 nitrogen and oxygen atoms in total. The van der Waals surface area contributed by atoms with Crippen LogP contribution in [-0.4, -0.2) is 40.0 Å². The number of hydrogen-bond donors (Lipinski definition) is 1. The second-order valence-corrected chi connectivity index (χ2v) is 3.53. The summed E-state index contributed by atoms with van der Waals surface area (Å²) in [6.07, 6.45) is 0. The van der Waals surface area contributed by atoms with Crippen LogP contribution in [0.4, 0.5) is 0 Å². The van der Waals surface area contributed by atoms with Gasteiger partial charge in [0.2, 0.25) is 0 Å². The molecule has 0 aliphatic rings. The number of amides is 1. The Morgan fingerprint density at radius 2 is 2.33 bits per heavy atom. The molecule has 1 heterocycles. The van der Waals surface area contributed by atoms with E-state index in [4.69, 9.17) is 11.6 Å². The Kier molecular flexibility index (Phi) is 3.85. The molecule has 15 heavy (non-hydrogen) atoms. The van der Waals surface area contributed by atoms with Crippen LogP contribution in [0.2, 0.25) is 0 Å². The molecule has 0 radical (unpaired) electrons. The van der Waals surface area contributed by atoms with Gasteiger partial charge in [-0.25, -0.2) is 5.10 Å². The molecular formula is C9H12ClN3O2. The lowest BCUT2D eigenvalue weighted by Crippen LogP contribution is -2.37. The van der Waals surface area contributed by atoms with Crippen LogP contribution in [0, 0.1) is 0 Å². The number of carbonyl (C=O) groups excluding carboxylic acids is 1. The Morgan fingerprint density at radius 1 is 1.67 bits per heavy atom. The van der Waals surface area contributed by atoms with E-state index in [0.717, 1.165) is 0 Å². The number of aromatic nitrogens is 2. The third-order valence-corrected chi connectivity index (χ3v) is 2.55. The Hall–Kier alpha value is -1.36. The summed E-state index contributed by atoms with van der Waals surface area (Å²) < 4.78 is 0. The van der Waals surface area contributed by atoms with Crippen LogP contribution < -0.4 is 5.56 Å². The monoisotopic (exact) mass is 229 g/mol. The highest BCUT2D eigenvalue weighted by Gasteiger charge is 2.17. The van der Waals surface area contributed by atoms with Crippen LogP contribution in [0.25, 0.3) is 0 Å². The van der Waals surface area contributed by atoms with E-state index in [-0.39, 0.29) is 23.2 Å². The summed E-state index contributed by atoms with van der Waals surface area (Å²) in [4.78, 5) is 24.0. The molecule has 0 aliphatic heterocycles. The number of aromatic amines is 1. The van der Waals surface area contributed by atoms with E-state index < -0.39 is 0 Å². The standard InChI is InChI=1S/C9H12ClN3O2/c1-6(5-10)13(2)9(15)7-3-4-8(14)12-11-7/h3-4,6H,5H2,1-2H3,(H,12,14). The van der Waals surface area contributed by atoms with E-state index in [1.807, 2.05) is 6.92 Å². The highest BCUT2D eigenvalue weighted by molar-refractivity contribution is 6.18. The summed E-state index contributed by atoms with van der Waals surface area (Å²) in [5.41, 5.74) is -0.131. The molecule has 1 unspecified atom stereocenters. The summed E-state index contributed by atoms with van der Waals surface area (Å²) in [6.45, 7) is 1.83. The molecule has 1 aromatic heterocycles. The first kappa shape index (κ1) is 11.7. The van der Waals surface area contributed by atoms with Gasteiger partial charge in [-0.3, -0.25) is 9.59 Å². The van der Waals surface area contributed by atoms with Crippen molar-refractivity contribution in [2.45, 2.75) is 13.0 Å². The van der Waals surface area contributed by atoms with Gasteiger partial charge in [0.05, 0.1) is 0 Å². The number of nitrogens with one attached hydrogen (secondary N) is 1. The molecule has 1 rings (SSSR count). The molecule has 6 heteroatoms. The fraction of sp³-hybridized carbons (Fsp3) is 0.444. The normalized spacial score (nSPS) is 12.2. The highest BCUT2D eigenvalue weighted by Crippen LogP contribution is 2.03. The molecule has 0 saturated carbocycles. The molecule has 1 N–H and O–H groups in total. The molecular weight excluding hydrogens is 218 g/mol. The molecule has 82 valence electrons. The third-order valence-electron chi connectivity index (χ3n) is 2.10. The van der Waals surface area contributed by atoms with E-state index >= 15 is 0 Å². The molecule has 0 bridgehead atoms. The van der Waals surface area contributed by atoms with E-state index in [1.54, 1.807) is 7.05 Å². The number of H-pyrrole nitrogens is 1. The van der Waals surface area contributed by atoms with Crippen molar-refractivity contribution in [3.63, 3.8) is 0 Å². The molecule has 1 atom stereocenters. The Morgan fingerprint density at radius 3 is 2.80 bits per heavy atom. The highest BCUT2D eigenvalue weighted by atomic mass is 35.5. The first-order valence-electron chi connectivity index (χ1n) is 4.45. The number of hydrogen-bond acceptors (Lipinski definition) is 3. The molecule has 0 spiro atoms. The SMILES string of the molecule is CC(CCl)N(C)C(=O)c1ccc(=O)[nH]n1. The van der Waals surface area contributed by atoms with Crippen molar-refractivity contribution in [3.8, 4) is 0 Å². The van der Waals surface area contributed by atoms with Gasteiger partial charge in [-0.15, -0.1) is 11.6 Å². The molecule has 0 aliphatic carbocycles. The van der Waals surface area contributed by atoms with Crippen LogP contribution in [0.15, 0.2) is 16.9 Å². The number of alkyl halides is 1. The Balaban J connectivity index is 2.85. The van der Waals surface area contributed by atoms with Gasteiger partial charge < -0.3 is 4.90 Å². The number of nitrogens with zero attached hydrogens (tertiary/aromatic N) is 2. The summed E-state index contributed by atoms with van der Waals surface area (Å²) in [6, 6.07) is 2.57. The Labute approximate surface area is 92.1 Å². The zero-order chi connectivity index (χ0) is 11.4. The summed E-state index contributed by atoms with van der Waals surface area (Å²) in [7, 11) is 1.64. The van der Waals surface area contributed by atoms with Crippen LogP contribution in [0.5, 0.6) is 0 Å². The number of rotatable bonds is 3. The lowest BCUT2D eigenvalue weighted by atomic mass is 10.3. The van der Waals surface area contributed by atoms with Crippen LogP contribution in [0.3, 0.4) is 0 Å². The molecule has 0 fully saturated rings.